The first kappa shape index (κ1) is 21.6. The van der Waals surface area contributed by atoms with Gasteiger partial charge in [-0.3, -0.25) is 9.79 Å². The van der Waals surface area contributed by atoms with Gasteiger partial charge in [-0.2, -0.15) is 0 Å². The number of guanidine groups is 1. The van der Waals surface area contributed by atoms with Gasteiger partial charge in [0.05, 0.1) is 18.9 Å². The van der Waals surface area contributed by atoms with Crippen molar-refractivity contribution in [2.75, 3.05) is 31.6 Å². The number of likely N-dealkylation sites (tertiary alicyclic amines) is 1. The van der Waals surface area contributed by atoms with Gasteiger partial charge in [-0.05, 0) is 38.8 Å². The van der Waals surface area contributed by atoms with Crippen molar-refractivity contribution < 1.29 is 14.3 Å². The Balaban J connectivity index is 0.00000261. The molecule has 1 amide bonds. The van der Waals surface area contributed by atoms with E-state index >= 15 is 0 Å². The molecule has 1 aromatic carbocycles. The summed E-state index contributed by atoms with van der Waals surface area (Å²) >= 11 is 0. The zero-order chi connectivity index (χ0) is 18.5. The van der Waals surface area contributed by atoms with Crippen LogP contribution in [0.5, 0.6) is 11.5 Å². The van der Waals surface area contributed by atoms with Crippen molar-refractivity contribution >= 4 is 41.5 Å². The van der Waals surface area contributed by atoms with E-state index in [0.29, 0.717) is 43.9 Å². The molecule has 7 nitrogen and oxygen atoms in total. The molecular formula is C19H29IN4O3. The highest BCUT2D eigenvalue weighted by Crippen LogP contribution is 2.33. The lowest BCUT2D eigenvalue weighted by Gasteiger charge is -2.15. The normalized spacial score (nSPS) is 19.6. The zero-order valence-corrected chi connectivity index (χ0v) is 18.3. The van der Waals surface area contributed by atoms with Gasteiger partial charge < -0.3 is 25.4 Å². The summed E-state index contributed by atoms with van der Waals surface area (Å²) in [4.78, 5) is 18.5. The van der Waals surface area contributed by atoms with E-state index in [1.165, 1.54) is 0 Å². The molecule has 1 aromatic rings. The summed E-state index contributed by atoms with van der Waals surface area (Å²) in [6, 6.07) is 6.05. The average molecular weight is 488 g/mol. The molecule has 1 saturated heterocycles. The van der Waals surface area contributed by atoms with Gasteiger partial charge in [0.15, 0.2) is 5.96 Å². The monoisotopic (exact) mass is 488 g/mol. The predicted octanol–water partition coefficient (Wildman–Crippen LogP) is 2.84. The Morgan fingerprint density at radius 1 is 1.30 bits per heavy atom. The van der Waals surface area contributed by atoms with Crippen LogP contribution in [-0.4, -0.2) is 49.1 Å². The summed E-state index contributed by atoms with van der Waals surface area (Å²) in [5, 5.41) is 3.10. The molecule has 1 heterocycles. The first-order chi connectivity index (χ1) is 12.6. The second-order valence-corrected chi connectivity index (χ2v) is 6.72. The molecule has 1 aliphatic heterocycles. The molecule has 2 fully saturated rings. The SMILES string of the molecule is CCOc1ccc(OCC)c(NC(N)=NCC2CC(=O)N(C3CC3)C2)c1.I. The van der Waals surface area contributed by atoms with E-state index in [0.717, 1.165) is 30.8 Å². The first-order valence-electron chi connectivity index (χ1n) is 9.36. The van der Waals surface area contributed by atoms with E-state index in [4.69, 9.17) is 15.2 Å². The molecule has 0 bridgehead atoms. The molecule has 0 aromatic heterocycles. The number of halogens is 1. The molecule has 27 heavy (non-hydrogen) atoms. The van der Waals surface area contributed by atoms with E-state index in [1.54, 1.807) is 0 Å². The number of nitrogens with two attached hydrogens (primary N) is 1. The van der Waals surface area contributed by atoms with E-state index in [2.05, 4.69) is 10.3 Å². The third-order valence-electron chi connectivity index (χ3n) is 4.57. The molecule has 0 spiro atoms. The van der Waals surface area contributed by atoms with Crippen LogP contribution >= 0.6 is 24.0 Å². The average Bonchev–Trinajstić information content (AvgIpc) is 3.38. The van der Waals surface area contributed by atoms with Crippen molar-refractivity contribution in [1.29, 1.82) is 0 Å². The number of anilines is 1. The Kier molecular flexibility index (Phi) is 8.00. The Hall–Kier alpha value is -1.71. The van der Waals surface area contributed by atoms with Gasteiger partial charge in [0, 0.05) is 37.5 Å². The number of benzene rings is 1. The predicted molar refractivity (Wildman–Crippen MR) is 117 cm³/mol. The number of amides is 1. The minimum atomic E-state index is 0. The topological polar surface area (TPSA) is 89.2 Å². The number of carbonyl (C=O) groups is 1. The van der Waals surface area contributed by atoms with Crippen LogP contribution in [0.3, 0.4) is 0 Å². The quantitative estimate of drug-likeness (QED) is 0.334. The number of rotatable bonds is 8. The molecule has 3 rings (SSSR count). The van der Waals surface area contributed by atoms with Crippen molar-refractivity contribution in [2.24, 2.45) is 16.6 Å². The van der Waals surface area contributed by atoms with Crippen LogP contribution in [0.25, 0.3) is 0 Å². The molecule has 1 saturated carbocycles. The zero-order valence-electron chi connectivity index (χ0n) is 15.9. The summed E-state index contributed by atoms with van der Waals surface area (Å²) in [6.07, 6.45) is 2.85. The van der Waals surface area contributed by atoms with Crippen molar-refractivity contribution in [3.63, 3.8) is 0 Å². The number of hydrogen-bond acceptors (Lipinski definition) is 4. The fraction of sp³-hybridized carbons (Fsp3) is 0.579. The number of aliphatic imine (C=N–C) groups is 1. The van der Waals surface area contributed by atoms with Crippen LogP contribution in [0, 0.1) is 5.92 Å². The third-order valence-corrected chi connectivity index (χ3v) is 4.57. The Bertz CT molecular complexity index is 679. The lowest BCUT2D eigenvalue weighted by atomic mass is 10.1. The van der Waals surface area contributed by atoms with Crippen molar-refractivity contribution in [3.05, 3.63) is 18.2 Å². The third kappa shape index (κ3) is 5.88. The van der Waals surface area contributed by atoms with E-state index in [9.17, 15) is 4.79 Å². The van der Waals surface area contributed by atoms with E-state index in [-0.39, 0.29) is 35.8 Å². The summed E-state index contributed by atoms with van der Waals surface area (Å²) in [7, 11) is 0. The highest BCUT2D eigenvalue weighted by Gasteiger charge is 2.39. The van der Waals surface area contributed by atoms with Gasteiger partial charge in [0.1, 0.15) is 11.5 Å². The molecule has 3 N–H and O–H groups in total. The van der Waals surface area contributed by atoms with Crippen molar-refractivity contribution in [3.8, 4) is 11.5 Å². The number of carbonyl (C=O) groups excluding carboxylic acids is 1. The fourth-order valence-electron chi connectivity index (χ4n) is 3.22. The minimum Gasteiger partial charge on any atom is -0.494 e. The van der Waals surface area contributed by atoms with Crippen LogP contribution in [0.4, 0.5) is 5.69 Å². The van der Waals surface area contributed by atoms with Gasteiger partial charge in [-0.25, -0.2) is 0 Å². The number of hydrogen-bond donors (Lipinski definition) is 2. The molecule has 1 atom stereocenters. The van der Waals surface area contributed by atoms with Crippen LogP contribution in [0.2, 0.25) is 0 Å². The van der Waals surface area contributed by atoms with Crippen molar-refractivity contribution in [2.45, 2.75) is 39.2 Å². The minimum absolute atomic E-state index is 0. The Morgan fingerprint density at radius 2 is 2.04 bits per heavy atom. The number of nitrogens with one attached hydrogen (secondary N) is 1. The van der Waals surface area contributed by atoms with Crippen LogP contribution < -0.4 is 20.5 Å². The second-order valence-electron chi connectivity index (χ2n) is 6.72. The summed E-state index contributed by atoms with van der Waals surface area (Å²) in [5.74, 6) is 2.25. The smallest absolute Gasteiger partial charge is 0.223 e. The van der Waals surface area contributed by atoms with Crippen LogP contribution in [-0.2, 0) is 4.79 Å². The molecule has 2 aliphatic rings. The molecule has 0 radical (unpaired) electrons. The summed E-state index contributed by atoms with van der Waals surface area (Å²) < 4.78 is 11.2. The lowest BCUT2D eigenvalue weighted by molar-refractivity contribution is -0.128. The Labute approximate surface area is 177 Å². The van der Waals surface area contributed by atoms with Gasteiger partial charge in [0.25, 0.3) is 0 Å². The maximum absolute atomic E-state index is 12.0. The lowest BCUT2D eigenvalue weighted by Crippen LogP contribution is -2.28. The largest absolute Gasteiger partial charge is 0.494 e. The van der Waals surface area contributed by atoms with Gasteiger partial charge in [0.2, 0.25) is 5.91 Å². The summed E-state index contributed by atoms with van der Waals surface area (Å²) in [5.41, 5.74) is 6.78. The van der Waals surface area contributed by atoms with Crippen molar-refractivity contribution in [1.82, 2.24) is 4.90 Å². The maximum Gasteiger partial charge on any atom is 0.223 e. The van der Waals surface area contributed by atoms with Gasteiger partial charge in [-0.1, -0.05) is 0 Å². The molecule has 8 heteroatoms. The van der Waals surface area contributed by atoms with Gasteiger partial charge >= 0.3 is 0 Å². The Morgan fingerprint density at radius 3 is 2.70 bits per heavy atom. The first-order valence-corrected chi connectivity index (χ1v) is 9.36. The van der Waals surface area contributed by atoms with Gasteiger partial charge in [-0.15, -0.1) is 24.0 Å². The highest BCUT2D eigenvalue weighted by molar-refractivity contribution is 14.0. The molecule has 1 aliphatic carbocycles. The summed E-state index contributed by atoms with van der Waals surface area (Å²) in [6.45, 7) is 6.35. The van der Waals surface area contributed by atoms with E-state index < -0.39 is 0 Å². The fourth-order valence-corrected chi connectivity index (χ4v) is 3.22. The standard InChI is InChI=1S/C19H28N4O3.HI/c1-3-25-15-7-8-17(26-4-2)16(10-15)22-19(20)21-11-13-9-18(24)23(12-13)14-5-6-14;/h7-8,10,13-14H,3-6,9,11-12H2,1-2H3,(H3,20,21,22);1H. The second kappa shape index (κ2) is 10.0. The van der Waals surface area contributed by atoms with Crippen LogP contribution in [0.15, 0.2) is 23.2 Å². The molecule has 1 unspecified atom stereocenters. The molecule has 150 valence electrons. The van der Waals surface area contributed by atoms with Crippen LogP contribution in [0.1, 0.15) is 33.1 Å². The maximum atomic E-state index is 12.0. The van der Waals surface area contributed by atoms with E-state index in [1.807, 2.05) is 36.9 Å². The highest BCUT2D eigenvalue weighted by atomic mass is 127. The molecular weight excluding hydrogens is 459 g/mol. The number of nitrogens with zero attached hydrogens (tertiary/aromatic N) is 2. The number of ether oxygens (including phenoxy) is 2.